The minimum Gasteiger partial charge on any atom is -0.481 e. The number of thioether (sulfide) groups is 1. The van der Waals surface area contributed by atoms with Gasteiger partial charge in [0.05, 0.1) is 23.8 Å². The molecule has 8 nitrogen and oxygen atoms in total. The van der Waals surface area contributed by atoms with Gasteiger partial charge in [-0.2, -0.15) is 5.10 Å². The molecule has 27 heavy (non-hydrogen) atoms. The minimum atomic E-state index is -0.878. The van der Waals surface area contributed by atoms with Gasteiger partial charge in [0.2, 0.25) is 0 Å². The third-order valence-electron chi connectivity index (χ3n) is 4.47. The maximum absolute atomic E-state index is 12.7. The summed E-state index contributed by atoms with van der Waals surface area (Å²) >= 11 is 6.57. The monoisotopic (exact) mass is 410 g/mol. The van der Waals surface area contributed by atoms with E-state index in [2.05, 4.69) is 10.00 Å². The number of aryl methyl sites for hydroxylation is 2. The van der Waals surface area contributed by atoms with E-state index >= 15 is 0 Å². The zero-order valence-corrected chi connectivity index (χ0v) is 16.9. The molecule has 3 rings (SSSR count). The Kier molecular flexibility index (Phi) is 6.18. The molecule has 2 aliphatic heterocycles. The fourth-order valence-electron chi connectivity index (χ4n) is 3.19. The Labute approximate surface area is 167 Å². The van der Waals surface area contributed by atoms with Gasteiger partial charge in [-0.15, -0.1) is 0 Å². The predicted octanol–water partition coefficient (Wildman–Crippen LogP) is 1.63. The second-order valence-corrected chi connectivity index (χ2v) is 8.05. The summed E-state index contributed by atoms with van der Waals surface area (Å²) in [6.45, 7) is 5.11. The van der Waals surface area contributed by atoms with Crippen molar-refractivity contribution < 1.29 is 19.4 Å². The highest BCUT2D eigenvalue weighted by Gasteiger charge is 2.32. The molecule has 1 amide bonds. The van der Waals surface area contributed by atoms with E-state index in [9.17, 15) is 9.59 Å². The van der Waals surface area contributed by atoms with Crippen LogP contribution in [0.2, 0.25) is 0 Å². The van der Waals surface area contributed by atoms with Crippen molar-refractivity contribution in [2.45, 2.75) is 19.8 Å². The van der Waals surface area contributed by atoms with Crippen LogP contribution in [0.25, 0.3) is 6.08 Å². The number of carboxylic acids is 1. The molecule has 0 unspecified atom stereocenters. The van der Waals surface area contributed by atoms with Crippen LogP contribution in [0.5, 0.6) is 0 Å². The highest BCUT2D eigenvalue weighted by molar-refractivity contribution is 8.26. The zero-order chi connectivity index (χ0) is 19.6. The molecule has 2 saturated heterocycles. The summed E-state index contributed by atoms with van der Waals surface area (Å²) in [4.78, 5) is 27.7. The Morgan fingerprint density at radius 1 is 1.41 bits per heavy atom. The van der Waals surface area contributed by atoms with Crippen molar-refractivity contribution in [2.24, 2.45) is 7.05 Å². The average molecular weight is 411 g/mol. The second kappa shape index (κ2) is 8.41. The Morgan fingerprint density at radius 2 is 2.11 bits per heavy atom. The number of morpholine rings is 1. The lowest BCUT2D eigenvalue weighted by atomic mass is 10.2. The Morgan fingerprint density at radius 3 is 2.78 bits per heavy atom. The van der Waals surface area contributed by atoms with Crippen LogP contribution >= 0.6 is 24.0 Å². The van der Waals surface area contributed by atoms with Gasteiger partial charge >= 0.3 is 5.97 Å². The van der Waals surface area contributed by atoms with E-state index in [1.54, 1.807) is 0 Å². The molecule has 2 fully saturated rings. The van der Waals surface area contributed by atoms with Gasteiger partial charge in [0.1, 0.15) is 10.1 Å². The number of hydrogen-bond donors (Lipinski definition) is 1. The first-order valence-electron chi connectivity index (χ1n) is 8.72. The summed E-state index contributed by atoms with van der Waals surface area (Å²) in [5, 5.41) is 13.3. The number of carboxylic acid groups (broad SMARTS) is 1. The molecule has 2 aliphatic rings. The SMILES string of the molecule is Cc1nn(C)c(N2CCOCC2)c1/C=C1\SC(=S)N(CCCC(=O)O)C1=O. The summed E-state index contributed by atoms with van der Waals surface area (Å²) in [7, 11) is 1.90. The van der Waals surface area contributed by atoms with Crippen molar-refractivity contribution in [2.75, 3.05) is 37.7 Å². The largest absolute Gasteiger partial charge is 0.481 e. The van der Waals surface area contributed by atoms with E-state index in [4.69, 9.17) is 22.1 Å². The molecular formula is C17H22N4O4S2. The third kappa shape index (κ3) is 4.33. The van der Waals surface area contributed by atoms with Crippen LogP contribution in [0.4, 0.5) is 5.82 Å². The Bertz CT molecular complexity index is 799. The van der Waals surface area contributed by atoms with Crippen molar-refractivity contribution in [3.05, 3.63) is 16.2 Å². The van der Waals surface area contributed by atoms with Gasteiger partial charge in [0, 0.05) is 38.7 Å². The fraction of sp³-hybridized carbons (Fsp3) is 0.529. The molecule has 0 saturated carbocycles. The van der Waals surface area contributed by atoms with E-state index in [1.165, 1.54) is 16.7 Å². The summed E-state index contributed by atoms with van der Waals surface area (Å²) in [5.74, 6) is -0.0874. The van der Waals surface area contributed by atoms with Gasteiger partial charge in [-0.1, -0.05) is 24.0 Å². The molecule has 0 radical (unpaired) electrons. The van der Waals surface area contributed by atoms with Crippen LogP contribution in [0.1, 0.15) is 24.1 Å². The van der Waals surface area contributed by atoms with E-state index in [1.807, 2.05) is 24.7 Å². The summed E-state index contributed by atoms with van der Waals surface area (Å²) in [5.41, 5.74) is 1.75. The Hall–Kier alpha value is -1.91. The van der Waals surface area contributed by atoms with Crippen LogP contribution < -0.4 is 4.90 Å². The maximum atomic E-state index is 12.7. The fourth-order valence-corrected chi connectivity index (χ4v) is 4.48. The van der Waals surface area contributed by atoms with Gasteiger partial charge in [-0.3, -0.25) is 19.2 Å². The number of thiocarbonyl (C=S) groups is 1. The van der Waals surface area contributed by atoms with E-state index < -0.39 is 5.97 Å². The molecular weight excluding hydrogens is 388 g/mol. The lowest BCUT2D eigenvalue weighted by Crippen LogP contribution is -2.37. The number of amides is 1. The van der Waals surface area contributed by atoms with Crippen molar-refractivity contribution in [1.29, 1.82) is 0 Å². The molecule has 1 aromatic heterocycles. The van der Waals surface area contributed by atoms with Gasteiger partial charge < -0.3 is 14.7 Å². The number of ether oxygens (including phenoxy) is 1. The maximum Gasteiger partial charge on any atom is 0.303 e. The molecule has 146 valence electrons. The number of aliphatic carboxylic acids is 1. The highest BCUT2D eigenvalue weighted by atomic mass is 32.2. The minimum absolute atomic E-state index is 0.0129. The summed E-state index contributed by atoms with van der Waals surface area (Å²) in [6.07, 6.45) is 2.24. The third-order valence-corrected chi connectivity index (χ3v) is 5.85. The molecule has 0 bridgehead atoms. The van der Waals surface area contributed by atoms with E-state index in [0.29, 0.717) is 35.4 Å². The second-order valence-electron chi connectivity index (χ2n) is 6.38. The first-order chi connectivity index (χ1) is 12.9. The van der Waals surface area contributed by atoms with E-state index in [0.717, 1.165) is 30.2 Å². The highest BCUT2D eigenvalue weighted by Crippen LogP contribution is 2.35. The molecule has 0 aromatic carbocycles. The standard InChI is InChI=1S/C17H22N4O4S2/c1-11-12(15(19(2)18-11)20-6-8-25-9-7-20)10-13-16(24)21(17(26)27-13)5-3-4-14(22)23/h10H,3-9H2,1-2H3,(H,22,23)/b13-10-. The lowest BCUT2D eigenvalue weighted by molar-refractivity contribution is -0.137. The van der Waals surface area contributed by atoms with Crippen LogP contribution in [-0.2, 0) is 21.4 Å². The van der Waals surface area contributed by atoms with Crippen LogP contribution in [0.3, 0.4) is 0 Å². The summed E-state index contributed by atoms with van der Waals surface area (Å²) in [6, 6.07) is 0. The normalized spacial score (nSPS) is 19.4. The number of aromatic nitrogens is 2. The lowest BCUT2D eigenvalue weighted by Gasteiger charge is -2.29. The molecule has 0 atom stereocenters. The van der Waals surface area contributed by atoms with Gasteiger partial charge in [0.15, 0.2) is 0 Å². The molecule has 10 heteroatoms. The molecule has 1 N–H and O–H groups in total. The Balaban J connectivity index is 1.83. The van der Waals surface area contributed by atoms with Crippen molar-refractivity contribution in [3.63, 3.8) is 0 Å². The smallest absolute Gasteiger partial charge is 0.303 e. The number of hydrogen-bond acceptors (Lipinski definition) is 7. The zero-order valence-electron chi connectivity index (χ0n) is 15.3. The summed E-state index contributed by atoms with van der Waals surface area (Å²) < 4.78 is 7.73. The number of carbonyl (C=O) groups is 2. The van der Waals surface area contributed by atoms with Crippen LogP contribution in [0, 0.1) is 6.92 Å². The van der Waals surface area contributed by atoms with Gasteiger partial charge in [-0.25, -0.2) is 0 Å². The van der Waals surface area contributed by atoms with Gasteiger partial charge in [-0.05, 0) is 19.4 Å². The quantitative estimate of drug-likeness (QED) is 0.559. The van der Waals surface area contributed by atoms with Gasteiger partial charge in [0.25, 0.3) is 5.91 Å². The molecule has 3 heterocycles. The van der Waals surface area contributed by atoms with Crippen molar-refractivity contribution in [1.82, 2.24) is 14.7 Å². The molecule has 0 spiro atoms. The molecule has 0 aliphatic carbocycles. The topological polar surface area (TPSA) is 87.9 Å². The van der Waals surface area contributed by atoms with Crippen molar-refractivity contribution in [3.8, 4) is 0 Å². The number of nitrogens with zero attached hydrogens (tertiary/aromatic N) is 4. The van der Waals surface area contributed by atoms with Crippen molar-refractivity contribution >= 4 is 52.1 Å². The first kappa shape index (κ1) is 19.8. The number of anilines is 1. The predicted molar refractivity (Wildman–Crippen MR) is 108 cm³/mol. The van der Waals surface area contributed by atoms with Crippen LogP contribution in [0.15, 0.2) is 4.91 Å². The van der Waals surface area contributed by atoms with E-state index in [-0.39, 0.29) is 12.3 Å². The molecule has 1 aromatic rings. The first-order valence-corrected chi connectivity index (χ1v) is 9.94. The van der Waals surface area contributed by atoms with Crippen LogP contribution in [-0.4, -0.2) is 68.8 Å². The average Bonchev–Trinajstić information content (AvgIpc) is 3.05. The number of carbonyl (C=O) groups excluding carboxylic acids is 1. The number of rotatable bonds is 6.